The van der Waals surface area contributed by atoms with E-state index in [2.05, 4.69) is 14.9 Å². The summed E-state index contributed by atoms with van der Waals surface area (Å²) < 4.78 is 28.1. The fraction of sp³-hybridized carbons (Fsp3) is 0.100. The van der Waals surface area contributed by atoms with Gasteiger partial charge in [-0.25, -0.2) is 5.10 Å². The maximum Gasteiger partial charge on any atom is 0.388 e. The highest BCUT2D eigenvalue weighted by Gasteiger charge is 2.11. The average molecular weight is 279 g/mol. The molecule has 1 N–H and O–H groups in total. The van der Waals surface area contributed by atoms with Gasteiger partial charge in [-0.05, 0) is 18.2 Å². The molecule has 3 nitrogen and oxygen atoms in total. The number of ether oxygens (including phenoxy) is 1. The van der Waals surface area contributed by atoms with E-state index >= 15 is 0 Å². The van der Waals surface area contributed by atoms with Crippen molar-refractivity contribution in [2.24, 2.45) is 0 Å². The molecule has 17 heavy (non-hydrogen) atoms. The van der Waals surface area contributed by atoms with Crippen LogP contribution in [-0.2, 0) is 0 Å². The summed E-state index contributed by atoms with van der Waals surface area (Å²) in [6.45, 7) is -2.90. The Bertz CT molecular complexity index is 531. The van der Waals surface area contributed by atoms with E-state index in [4.69, 9.17) is 23.2 Å². The van der Waals surface area contributed by atoms with Crippen LogP contribution in [-0.4, -0.2) is 16.8 Å². The summed E-state index contributed by atoms with van der Waals surface area (Å²) in [6, 6.07) is 6.15. The first-order valence-corrected chi connectivity index (χ1v) is 5.27. The first-order valence-electron chi connectivity index (χ1n) is 4.52. The van der Waals surface area contributed by atoms with Crippen LogP contribution < -0.4 is 4.74 Å². The SMILES string of the molecule is FC(F)Oc1cc(-c2ccc(Cl)cc2Cl)n[nH]1. The normalized spacial score (nSPS) is 10.9. The highest BCUT2D eigenvalue weighted by molar-refractivity contribution is 6.36. The predicted molar refractivity (Wildman–Crippen MR) is 60.7 cm³/mol. The molecule has 0 aliphatic heterocycles. The molecule has 2 aromatic rings. The number of hydrogen-bond acceptors (Lipinski definition) is 2. The molecule has 0 unspecified atom stereocenters. The molecule has 0 bridgehead atoms. The van der Waals surface area contributed by atoms with Gasteiger partial charge in [-0.2, -0.15) is 13.9 Å². The molecule has 0 saturated heterocycles. The Morgan fingerprint density at radius 1 is 1.24 bits per heavy atom. The molecule has 0 aliphatic carbocycles. The van der Waals surface area contributed by atoms with E-state index in [1.54, 1.807) is 18.2 Å². The molecule has 1 heterocycles. The Hall–Kier alpha value is -1.33. The van der Waals surface area contributed by atoms with Crippen molar-refractivity contribution in [1.82, 2.24) is 10.2 Å². The van der Waals surface area contributed by atoms with Crippen molar-refractivity contribution in [3.8, 4) is 17.1 Å². The third-order valence-electron chi connectivity index (χ3n) is 1.98. The second-order valence-corrected chi connectivity index (χ2v) is 3.96. The Morgan fingerprint density at radius 3 is 2.65 bits per heavy atom. The van der Waals surface area contributed by atoms with Gasteiger partial charge in [0, 0.05) is 16.7 Å². The van der Waals surface area contributed by atoms with Gasteiger partial charge in [0.25, 0.3) is 0 Å². The van der Waals surface area contributed by atoms with Crippen molar-refractivity contribution in [3.05, 3.63) is 34.3 Å². The molecule has 90 valence electrons. The van der Waals surface area contributed by atoms with Gasteiger partial charge in [-0.3, -0.25) is 0 Å². The lowest BCUT2D eigenvalue weighted by Crippen LogP contribution is -2.01. The summed E-state index contributed by atoms with van der Waals surface area (Å²) in [5.74, 6) is -0.124. The van der Waals surface area contributed by atoms with Gasteiger partial charge in [0.2, 0.25) is 5.88 Å². The van der Waals surface area contributed by atoms with Crippen LogP contribution >= 0.6 is 23.2 Å². The number of halogens is 4. The van der Waals surface area contributed by atoms with Crippen molar-refractivity contribution in [2.75, 3.05) is 0 Å². The molecule has 0 fully saturated rings. The number of aromatic nitrogens is 2. The number of rotatable bonds is 3. The summed E-state index contributed by atoms with van der Waals surface area (Å²) in [5.41, 5.74) is 0.985. The van der Waals surface area contributed by atoms with E-state index < -0.39 is 6.61 Å². The topological polar surface area (TPSA) is 37.9 Å². The van der Waals surface area contributed by atoms with E-state index in [0.29, 0.717) is 21.3 Å². The molecule has 0 radical (unpaired) electrons. The molecule has 0 aliphatic rings. The molecule has 0 spiro atoms. The number of aromatic amines is 1. The second-order valence-electron chi connectivity index (χ2n) is 3.12. The van der Waals surface area contributed by atoms with Crippen LogP contribution in [0.15, 0.2) is 24.3 Å². The van der Waals surface area contributed by atoms with Gasteiger partial charge in [-0.15, -0.1) is 0 Å². The van der Waals surface area contributed by atoms with Gasteiger partial charge in [0.1, 0.15) is 0 Å². The monoisotopic (exact) mass is 278 g/mol. The van der Waals surface area contributed by atoms with E-state index in [1.807, 2.05) is 0 Å². The van der Waals surface area contributed by atoms with E-state index in [1.165, 1.54) is 6.07 Å². The summed E-state index contributed by atoms with van der Waals surface area (Å²) in [6.07, 6.45) is 0. The number of alkyl halides is 2. The minimum Gasteiger partial charge on any atom is -0.417 e. The minimum atomic E-state index is -2.90. The average Bonchev–Trinajstić information content (AvgIpc) is 2.65. The Labute approximate surface area is 105 Å². The van der Waals surface area contributed by atoms with Gasteiger partial charge < -0.3 is 4.74 Å². The van der Waals surface area contributed by atoms with Crippen LogP contribution in [0.3, 0.4) is 0 Å². The van der Waals surface area contributed by atoms with Crippen LogP contribution in [0.5, 0.6) is 5.88 Å². The smallest absolute Gasteiger partial charge is 0.388 e. The summed E-state index contributed by atoms with van der Waals surface area (Å²) in [4.78, 5) is 0. The van der Waals surface area contributed by atoms with Crippen molar-refractivity contribution >= 4 is 23.2 Å². The highest BCUT2D eigenvalue weighted by atomic mass is 35.5. The van der Waals surface area contributed by atoms with Crippen molar-refractivity contribution in [3.63, 3.8) is 0 Å². The van der Waals surface area contributed by atoms with Crippen molar-refractivity contribution in [2.45, 2.75) is 6.61 Å². The Kier molecular flexibility index (Phi) is 3.49. The molecular formula is C10H6Cl2F2N2O. The molecule has 2 rings (SSSR count). The van der Waals surface area contributed by atoms with E-state index in [0.717, 1.165) is 0 Å². The standard InChI is InChI=1S/C10H6Cl2F2N2O/c11-5-1-2-6(7(12)3-5)8-4-9(16-15-8)17-10(13)14/h1-4,10H,(H,15,16). The number of hydrogen-bond donors (Lipinski definition) is 1. The summed E-state index contributed by atoms with van der Waals surface area (Å²) in [5, 5.41) is 7.02. The molecule has 0 saturated carbocycles. The summed E-state index contributed by atoms with van der Waals surface area (Å²) in [7, 11) is 0. The van der Waals surface area contributed by atoms with Crippen LogP contribution in [0, 0.1) is 0 Å². The van der Waals surface area contributed by atoms with E-state index in [-0.39, 0.29) is 5.88 Å². The second kappa shape index (κ2) is 4.89. The molecule has 7 heteroatoms. The van der Waals surface area contributed by atoms with Crippen LogP contribution in [0.2, 0.25) is 10.0 Å². The lowest BCUT2D eigenvalue weighted by molar-refractivity contribution is -0.0528. The Morgan fingerprint density at radius 2 is 2.00 bits per heavy atom. The van der Waals surface area contributed by atoms with Crippen molar-refractivity contribution in [1.29, 1.82) is 0 Å². The third-order valence-corrected chi connectivity index (χ3v) is 2.53. The van der Waals surface area contributed by atoms with E-state index in [9.17, 15) is 8.78 Å². The minimum absolute atomic E-state index is 0.124. The number of nitrogens with zero attached hydrogens (tertiary/aromatic N) is 1. The lowest BCUT2D eigenvalue weighted by atomic mass is 10.1. The number of nitrogens with one attached hydrogen (secondary N) is 1. The quantitative estimate of drug-likeness (QED) is 0.922. The Balaban J connectivity index is 2.30. The predicted octanol–water partition coefficient (Wildman–Crippen LogP) is 3.98. The number of H-pyrrole nitrogens is 1. The van der Waals surface area contributed by atoms with Gasteiger partial charge >= 0.3 is 6.61 Å². The van der Waals surface area contributed by atoms with Crippen LogP contribution in [0.4, 0.5) is 8.78 Å². The first-order chi connectivity index (χ1) is 8.06. The van der Waals surface area contributed by atoms with Gasteiger partial charge in [0.15, 0.2) is 0 Å². The molecule has 1 aromatic heterocycles. The molecular weight excluding hydrogens is 273 g/mol. The highest BCUT2D eigenvalue weighted by Crippen LogP contribution is 2.30. The third kappa shape index (κ3) is 2.87. The lowest BCUT2D eigenvalue weighted by Gasteiger charge is -2.00. The van der Waals surface area contributed by atoms with Gasteiger partial charge in [0.05, 0.1) is 10.7 Å². The molecule has 1 aromatic carbocycles. The van der Waals surface area contributed by atoms with Crippen molar-refractivity contribution < 1.29 is 13.5 Å². The largest absolute Gasteiger partial charge is 0.417 e. The first kappa shape index (κ1) is 12.1. The van der Waals surface area contributed by atoms with Crippen LogP contribution in [0.25, 0.3) is 11.3 Å². The molecule has 0 atom stereocenters. The fourth-order valence-corrected chi connectivity index (χ4v) is 1.80. The maximum absolute atomic E-state index is 12.0. The number of benzene rings is 1. The zero-order valence-corrected chi connectivity index (χ0v) is 9.77. The van der Waals surface area contributed by atoms with Gasteiger partial charge in [-0.1, -0.05) is 23.2 Å². The summed E-state index contributed by atoms with van der Waals surface area (Å²) >= 11 is 11.7. The zero-order valence-electron chi connectivity index (χ0n) is 8.25. The zero-order chi connectivity index (χ0) is 12.4. The molecule has 0 amide bonds. The maximum atomic E-state index is 12.0. The van der Waals surface area contributed by atoms with Crippen LogP contribution in [0.1, 0.15) is 0 Å². The fourth-order valence-electron chi connectivity index (χ4n) is 1.30.